The van der Waals surface area contributed by atoms with Crippen molar-refractivity contribution in [3.8, 4) is 16.3 Å². The van der Waals surface area contributed by atoms with Crippen LogP contribution in [0.5, 0.6) is 5.75 Å². The number of carbonyl (C=O) groups excluding carboxylic acids is 1. The molecule has 0 aliphatic rings. The number of halogens is 1. The molecule has 0 unspecified atom stereocenters. The summed E-state index contributed by atoms with van der Waals surface area (Å²) in [6.07, 6.45) is 0. The Hall–Kier alpha value is -2.37. The monoisotopic (exact) mass is 372 g/mol. The molecule has 1 heterocycles. The van der Waals surface area contributed by atoms with Crippen LogP contribution >= 0.6 is 22.9 Å². The van der Waals surface area contributed by atoms with Gasteiger partial charge in [-0.2, -0.15) is 0 Å². The lowest BCUT2D eigenvalue weighted by Gasteiger charge is -2.08. The van der Waals surface area contributed by atoms with Crippen LogP contribution in [0.1, 0.15) is 11.3 Å². The van der Waals surface area contributed by atoms with Crippen molar-refractivity contribution in [3.63, 3.8) is 0 Å². The molecule has 25 heavy (non-hydrogen) atoms. The molecule has 4 nitrogen and oxygen atoms in total. The Morgan fingerprint density at radius 3 is 2.72 bits per heavy atom. The predicted molar refractivity (Wildman–Crippen MR) is 101 cm³/mol. The number of rotatable bonds is 6. The Balaban J connectivity index is 1.48. The summed E-state index contributed by atoms with van der Waals surface area (Å²) in [5, 5.41) is 6.45. The van der Waals surface area contributed by atoms with Crippen LogP contribution in [-0.4, -0.2) is 17.5 Å². The van der Waals surface area contributed by atoms with Crippen LogP contribution in [0.4, 0.5) is 0 Å². The van der Waals surface area contributed by atoms with E-state index in [1.807, 2.05) is 36.6 Å². The summed E-state index contributed by atoms with van der Waals surface area (Å²) in [6, 6.07) is 15.0. The maximum Gasteiger partial charge on any atom is 0.258 e. The Morgan fingerprint density at radius 2 is 2.04 bits per heavy atom. The zero-order valence-electron chi connectivity index (χ0n) is 13.7. The lowest BCUT2D eigenvalue weighted by molar-refractivity contribution is -0.123. The van der Waals surface area contributed by atoms with Crippen molar-refractivity contribution in [2.45, 2.75) is 13.5 Å². The molecule has 0 bridgehead atoms. The molecule has 0 spiro atoms. The van der Waals surface area contributed by atoms with E-state index in [4.69, 9.17) is 16.3 Å². The first-order chi connectivity index (χ1) is 12.1. The Labute approximate surface area is 155 Å². The van der Waals surface area contributed by atoms with Gasteiger partial charge >= 0.3 is 0 Å². The van der Waals surface area contributed by atoms with E-state index in [9.17, 15) is 4.79 Å². The molecular weight excluding hydrogens is 356 g/mol. The molecular formula is C19H17ClN2O2S. The Bertz CT molecular complexity index is 862. The first kappa shape index (κ1) is 17.5. The predicted octanol–water partition coefficient (Wildman–Crippen LogP) is 4.47. The zero-order valence-corrected chi connectivity index (χ0v) is 15.2. The van der Waals surface area contributed by atoms with E-state index in [1.54, 1.807) is 35.6 Å². The second kappa shape index (κ2) is 8.14. The fourth-order valence-electron chi connectivity index (χ4n) is 2.21. The number of amides is 1. The van der Waals surface area contributed by atoms with Gasteiger partial charge in [-0.25, -0.2) is 4.98 Å². The van der Waals surface area contributed by atoms with E-state index in [0.29, 0.717) is 17.3 Å². The van der Waals surface area contributed by atoms with Crippen LogP contribution in [0.15, 0.2) is 53.9 Å². The third-order valence-corrected chi connectivity index (χ3v) is 4.72. The van der Waals surface area contributed by atoms with Gasteiger partial charge in [0.15, 0.2) is 6.61 Å². The van der Waals surface area contributed by atoms with Crippen LogP contribution < -0.4 is 10.1 Å². The highest BCUT2D eigenvalue weighted by molar-refractivity contribution is 7.13. The fraction of sp³-hybridized carbons (Fsp3) is 0.158. The molecule has 3 rings (SSSR count). The van der Waals surface area contributed by atoms with Crippen LogP contribution in [0.2, 0.25) is 5.02 Å². The van der Waals surface area contributed by atoms with Gasteiger partial charge in [-0.05, 0) is 30.7 Å². The average molecular weight is 373 g/mol. The number of ether oxygens (including phenoxy) is 1. The van der Waals surface area contributed by atoms with Gasteiger partial charge in [0.2, 0.25) is 0 Å². The third kappa shape index (κ3) is 5.05. The molecule has 0 atom stereocenters. The van der Waals surface area contributed by atoms with E-state index in [0.717, 1.165) is 21.8 Å². The van der Waals surface area contributed by atoms with Gasteiger partial charge in [0.05, 0.1) is 0 Å². The molecule has 0 radical (unpaired) electrons. The summed E-state index contributed by atoms with van der Waals surface area (Å²) in [6.45, 7) is 2.39. The molecule has 3 aromatic rings. The maximum absolute atomic E-state index is 11.9. The van der Waals surface area contributed by atoms with E-state index < -0.39 is 0 Å². The fourth-order valence-corrected chi connectivity index (χ4v) is 3.19. The average Bonchev–Trinajstić information content (AvgIpc) is 3.05. The normalized spacial score (nSPS) is 10.5. The highest BCUT2D eigenvalue weighted by Gasteiger charge is 2.05. The smallest absolute Gasteiger partial charge is 0.258 e. The SMILES string of the molecule is Cc1csc(-c2ccc(CNC(=O)COc3cccc(Cl)c3)cc2)n1. The highest BCUT2D eigenvalue weighted by Crippen LogP contribution is 2.23. The van der Waals surface area contributed by atoms with Gasteiger partial charge in [-0.1, -0.05) is 41.9 Å². The van der Waals surface area contributed by atoms with Crippen molar-refractivity contribution in [3.05, 3.63) is 70.2 Å². The minimum Gasteiger partial charge on any atom is -0.484 e. The van der Waals surface area contributed by atoms with Gasteiger partial charge < -0.3 is 10.1 Å². The number of carbonyl (C=O) groups is 1. The molecule has 1 aromatic heterocycles. The number of thiazole rings is 1. The van der Waals surface area contributed by atoms with Crippen molar-refractivity contribution in [1.82, 2.24) is 10.3 Å². The first-order valence-corrected chi connectivity index (χ1v) is 9.02. The third-order valence-electron chi connectivity index (χ3n) is 3.48. The number of aromatic nitrogens is 1. The minimum absolute atomic E-state index is 0.0448. The first-order valence-electron chi connectivity index (χ1n) is 7.77. The van der Waals surface area contributed by atoms with Crippen LogP contribution in [0, 0.1) is 6.92 Å². The number of nitrogens with one attached hydrogen (secondary N) is 1. The lowest BCUT2D eigenvalue weighted by atomic mass is 10.1. The lowest BCUT2D eigenvalue weighted by Crippen LogP contribution is -2.28. The second-order valence-electron chi connectivity index (χ2n) is 5.51. The van der Waals surface area contributed by atoms with Crippen LogP contribution in [0.3, 0.4) is 0 Å². The van der Waals surface area contributed by atoms with Gasteiger partial charge in [0.1, 0.15) is 10.8 Å². The Kier molecular flexibility index (Phi) is 5.68. The van der Waals surface area contributed by atoms with Gasteiger partial charge in [-0.15, -0.1) is 11.3 Å². The van der Waals surface area contributed by atoms with E-state index >= 15 is 0 Å². The molecule has 1 N–H and O–H groups in total. The van der Waals surface area contributed by atoms with Gasteiger partial charge in [0.25, 0.3) is 5.91 Å². The molecule has 0 aliphatic carbocycles. The summed E-state index contributed by atoms with van der Waals surface area (Å²) in [4.78, 5) is 16.4. The number of hydrogen-bond acceptors (Lipinski definition) is 4. The summed E-state index contributed by atoms with van der Waals surface area (Å²) >= 11 is 7.50. The maximum atomic E-state index is 11.9. The van der Waals surface area contributed by atoms with Crippen molar-refractivity contribution < 1.29 is 9.53 Å². The van der Waals surface area contributed by atoms with Crippen LogP contribution in [0.25, 0.3) is 10.6 Å². The quantitative estimate of drug-likeness (QED) is 0.694. The molecule has 0 aliphatic heterocycles. The highest BCUT2D eigenvalue weighted by atomic mass is 35.5. The minimum atomic E-state index is -0.181. The zero-order chi connectivity index (χ0) is 17.6. The topological polar surface area (TPSA) is 51.2 Å². The Morgan fingerprint density at radius 1 is 1.24 bits per heavy atom. The molecule has 128 valence electrons. The molecule has 0 saturated carbocycles. The molecule has 1 amide bonds. The van der Waals surface area contributed by atoms with Gasteiger partial charge in [-0.3, -0.25) is 4.79 Å². The molecule has 6 heteroatoms. The van der Waals surface area contributed by atoms with Crippen molar-refractivity contribution >= 4 is 28.8 Å². The van der Waals surface area contributed by atoms with Gasteiger partial charge in [0, 0.05) is 28.2 Å². The molecule has 2 aromatic carbocycles. The molecule has 0 fully saturated rings. The van der Waals surface area contributed by atoms with Crippen molar-refractivity contribution in [2.24, 2.45) is 0 Å². The largest absolute Gasteiger partial charge is 0.484 e. The summed E-state index contributed by atoms with van der Waals surface area (Å²) in [7, 11) is 0. The number of hydrogen-bond donors (Lipinski definition) is 1. The summed E-state index contributed by atoms with van der Waals surface area (Å²) < 4.78 is 5.41. The van der Waals surface area contributed by atoms with E-state index in [2.05, 4.69) is 10.3 Å². The summed E-state index contributed by atoms with van der Waals surface area (Å²) in [5.41, 5.74) is 3.13. The van der Waals surface area contributed by atoms with Crippen LogP contribution in [-0.2, 0) is 11.3 Å². The van der Waals surface area contributed by atoms with Crippen molar-refractivity contribution in [1.29, 1.82) is 0 Å². The van der Waals surface area contributed by atoms with Crippen molar-refractivity contribution in [2.75, 3.05) is 6.61 Å². The second-order valence-corrected chi connectivity index (χ2v) is 6.81. The van der Waals surface area contributed by atoms with E-state index in [1.165, 1.54) is 0 Å². The summed E-state index contributed by atoms with van der Waals surface area (Å²) in [5.74, 6) is 0.394. The number of nitrogens with zero attached hydrogens (tertiary/aromatic N) is 1. The number of aryl methyl sites for hydroxylation is 1. The number of benzene rings is 2. The molecule has 0 saturated heterocycles. The standard InChI is InChI=1S/C19H17ClN2O2S/c1-13-12-25-19(22-13)15-7-5-14(6-8-15)10-21-18(23)11-24-17-4-2-3-16(20)9-17/h2-9,12H,10-11H2,1H3,(H,21,23). The van der Waals surface area contributed by atoms with E-state index in [-0.39, 0.29) is 12.5 Å².